The number of hydrogen-bond acceptors (Lipinski definition) is 5. The molecule has 0 aliphatic rings. The molecule has 0 bridgehead atoms. The fourth-order valence-corrected chi connectivity index (χ4v) is 0.482. The molecule has 6 nitrogen and oxygen atoms in total. The van der Waals surface area contributed by atoms with Gasteiger partial charge in [0, 0.05) is 0 Å². The first-order chi connectivity index (χ1) is 5.20. The van der Waals surface area contributed by atoms with Crippen LogP contribution in [-0.4, -0.2) is 18.4 Å². The van der Waals surface area contributed by atoms with Crippen LogP contribution in [0.2, 0.25) is 0 Å². The van der Waals surface area contributed by atoms with Crippen molar-refractivity contribution in [3.8, 4) is 0 Å². The fraction of sp³-hybridized carbons (Fsp3) is 0.600. The highest BCUT2D eigenvalue weighted by atomic mass is 16.5. The lowest BCUT2D eigenvalue weighted by atomic mass is 10.4. The van der Waals surface area contributed by atoms with E-state index in [2.05, 4.69) is 9.84 Å². The first kappa shape index (κ1) is 9.70. The van der Waals surface area contributed by atoms with Crippen molar-refractivity contribution in [3.05, 3.63) is 0 Å². The van der Waals surface area contributed by atoms with Crippen molar-refractivity contribution in [1.82, 2.24) is 5.53 Å². The lowest BCUT2D eigenvalue weighted by Gasteiger charge is -1.99. The molecule has 0 heterocycles. The molecule has 0 rings (SSSR count). The van der Waals surface area contributed by atoms with Gasteiger partial charge >= 0.3 is 5.97 Å². The molecule has 11 heavy (non-hydrogen) atoms. The Hall–Kier alpha value is -1.30. The van der Waals surface area contributed by atoms with Crippen LogP contribution in [0.3, 0.4) is 0 Å². The highest BCUT2D eigenvalue weighted by Crippen LogP contribution is 1.84. The molecule has 0 aromatic rings. The summed E-state index contributed by atoms with van der Waals surface area (Å²) in [4.78, 5) is 10.7. The van der Waals surface area contributed by atoms with Gasteiger partial charge in [0.15, 0.2) is 0 Å². The Kier molecular flexibility index (Phi) is 4.83. The lowest BCUT2D eigenvalue weighted by molar-refractivity contribution is -0.141. The van der Waals surface area contributed by atoms with Gasteiger partial charge in [-0.25, -0.2) is 11.4 Å². The van der Waals surface area contributed by atoms with Gasteiger partial charge < -0.3 is 10.5 Å². The predicted octanol–water partition coefficient (Wildman–Crippen LogP) is -1.32. The number of hydrogen-bond donors (Lipinski definition) is 3. The topological polar surface area (TPSA) is 103 Å². The number of carbonyl (C=O) groups excluding carboxylic acids is 1. The molecular formula is C5H12N4O2. The standard InChI is InChI=1S/C5H12N4O2/c1-2-11-5(10)3-4(6)8-9-7/h9H,2-3,7H2,1H3,(H2,6,8). The van der Waals surface area contributed by atoms with Crippen LogP contribution in [0.5, 0.6) is 0 Å². The van der Waals surface area contributed by atoms with Gasteiger partial charge in [-0.3, -0.25) is 4.79 Å². The van der Waals surface area contributed by atoms with Crippen LogP contribution in [0.1, 0.15) is 13.3 Å². The summed E-state index contributed by atoms with van der Waals surface area (Å²) in [6, 6.07) is 0. The van der Waals surface area contributed by atoms with E-state index >= 15 is 0 Å². The Morgan fingerprint density at radius 1 is 1.73 bits per heavy atom. The minimum Gasteiger partial charge on any atom is -0.466 e. The second-order valence-electron chi connectivity index (χ2n) is 1.71. The Balaban J connectivity index is 3.66. The molecule has 0 aliphatic carbocycles. The van der Waals surface area contributed by atoms with Crippen LogP contribution in [-0.2, 0) is 9.53 Å². The molecule has 0 unspecified atom stereocenters. The van der Waals surface area contributed by atoms with Gasteiger partial charge in [0.25, 0.3) is 0 Å². The molecule has 0 fully saturated rings. The van der Waals surface area contributed by atoms with E-state index in [-0.39, 0.29) is 12.3 Å². The van der Waals surface area contributed by atoms with E-state index in [9.17, 15) is 4.79 Å². The maximum Gasteiger partial charge on any atom is 0.313 e. The number of ether oxygens (including phenoxy) is 1. The molecule has 64 valence electrons. The summed E-state index contributed by atoms with van der Waals surface area (Å²) >= 11 is 0. The summed E-state index contributed by atoms with van der Waals surface area (Å²) in [7, 11) is 0. The van der Waals surface area contributed by atoms with Gasteiger partial charge in [-0.1, -0.05) is 0 Å². The summed E-state index contributed by atoms with van der Waals surface area (Å²) in [5.41, 5.74) is 7.19. The Bertz CT molecular complexity index is 157. The molecule has 0 aromatic carbocycles. The van der Waals surface area contributed by atoms with Crippen molar-refractivity contribution < 1.29 is 9.53 Å². The maximum absolute atomic E-state index is 10.7. The SMILES string of the molecule is CCOC(=O)C/C(N)=N/NN. The summed E-state index contributed by atoms with van der Waals surface area (Å²) in [5.74, 6) is 4.50. The second kappa shape index (κ2) is 5.48. The molecule has 0 aromatic heterocycles. The summed E-state index contributed by atoms with van der Waals surface area (Å²) in [6.07, 6.45) is -0.0436. The van der Waals surface area contributed by atoms with Crippen LogP contribution in [0.25, 0.3) is 0 Å². The average Bonchev–Trinajstić information content (AvgIpc) is 1.87. The third-order valence-electron chi connectivity index (χ3n) is 0.839. The summed E-state index contributed by atoms with van der Waals surface area (Å²) in [6.45, 7) is 2.05. The lowest BCUT2D eigenvalue weighted by Crippen LogP contribution is -2.25. The number of hydrazine groups is 1. The van der Waals surface area contributed by atoms with Crippen molar-refractivity contribution in [1.29, 1.82) is 0 Å². The summed E-state index contributed by atoms with van der Waals surface area (Å²) in [5, 5.41) is 3.37. The fourth-order valence-electron chi connectivity index (χ4n) is 0.482. The largest absolute Gasteiger partial charge is 0.466 e. The first-order valence-corrected chi connectivity index (χ1v) is 3.14. The molecule has 0 amide bonds. The van der Waals surface area contributed by atoms with E-state index in [1.54, 1.807) is 6.92 Å². The first-order valence-electron chi connectivity index (χ1n) is 3.14. The van der Waals surface area contributed by atoms with Crippen molar-refractivity contribution in [2.75, 3.05) is 6.61 Å². The Morgan fingerprint density at radius 3 is 2.82 bits per heavy atom. The van der Waals surface area contributed by atoms with Crippen LogP contribution < -0.4 is 17.1 Å². The predicted molar refractivity (Wildman–Crippen MR) is 40.2 cm³/mol. The molecule has 0 saturated heterocycles. The van der Waals surface area contributed by atoms with E-state index in [1.165, 1.54) is 0 Å². The molecular weight excluding hydrogens is 148 g/mol. The minimum atomic E-state index is -0.413. The molecule has 0 aliphatic heterocycles. The van der Waals surface area contributed by atoms with E-state index in [0.717, 1.165) is 0 Å². The number of nitrogens with one attached hydrogen (secondary N) is 1. The zero-order chi connectivity index (χ0) is 8.69. The molecule has 0 radical (unpaired) electrons. The molecule has 0 atom stereocenters. The van der Waals surface area contributed by atoms with Gasteiger partial charge in [0.05, 0.1) is 6.61 Å². The number of nitrogens with zero attached hydrogens (tertiary/aromatic N) is 1. The molecule has 0 spiro atoms. The van der Waals surface area contributed by atoms with Crippen molar-refractivity contribution >= 4 is 11.8 Å². The third-order valence-corrected chi connectivity index (χ3v) is 0.839. The van der Waals surface area contributed by atoms with E-state index < -0.39 is 5.97 Å². The average molecular weight is 160 g/mol. The number of esters is 1. The smallest absolute Gasteiger partial charge is 0.313 e. The van der Waals surface area contributed by atoms with Crippen LogP contribution in [0.15, 0.2) is 5.10 Å². The molecule has 0 saturated carbocycles. The normalized spacial score (nSPS) is 10.9. The number of hydrazone groups is 1. The number of carbonyl (C=O) groups is 1. The maximum atomic E-state index is 10.7. The van der Waals surface area contributed by atoms with Gasteiger partial charge in [0.1, 0.15) is 12.3 Å². The monoisotopic (exact) mass is 160 g/mol. The van der Waals surface area contributed by atoms with Crippen LogP contribution in [0.4, 0.5) is 0 Å². The number of amidine groups is 1. The van der Waals surface area contributed by atoms with Crippen LogP contribution in [0, 0.1) is 0 Å². The second-order valence-corrected chi connectivity index (χ2v) is 1.71. The number of rotatable bonds is 4. The number of nitrogens with two attached hydrogens (primary N) is 2. The highest BCUT2D eigenvalue weighted by Gasteiger charge is 2.03. The van der Waals surface area contributed by atoms with Gasteiger partial charge in [-0.15, -0.1) is 0 Å². The van der Waals surface area contributed by atoms with Gasteiger partial charge in [-0.2, -0.15) is 5.10 Å². The summed E-state index contributed by atoms with van der Waals surface area (Å²) < 4.78 is 4.59. The molecule has 5 N–H and O–H groups in total. The van der Waals surface area contributed by atoms with E-state index in [1.807, 2.05) is 5.53 Å². The Labute approximate surface area is 64.5 Å². The van der Waals surface area contributed by atoms with Crippen molar-refractivity contribution in [2.45, 2.75) is 13.3 Å². The zero-order valence-electron chi connectivity index (χ0n) is 6.33. The third kappa shape index (κ3) is 5.16. The van der Waals surface area contributed by atoms with E-state index in [4.69, 9.17) is 11.6 Å². The Morgan fingerprint density at radius 2 is 2.36 bits per heavy atom. The minimum absolute atomic E-state index is 0.0436. The quantitative estimate of drug-likeness (QED) is 0.155. The highest BCUT2D eigenvalue weighted by molar-refractivity contribution is 5.96. The van der Waals surface area contributed by atoms with Crippen LogP contribution >= 0.6 is 0 Å². The molecule has 6 heteroatoms. The van der Waals surface area contributed by atoms with Crippen molar-refractivity contribution in [2.24, 2.45) is 16.7 Å². The van der Waals surface area contributed by atoms with Gasteiger partial charge in [-0.05, 0) is 6.92 Å². The van der Waals surface area contributed by atoms with Crippen molar-refractivity contribution in [3.63, 3.8) is 0 Å². The van der Waals surface area contributed by atoms with Gasteiger partial charge in [0.2, 0.25) is 0 Å². The van der Waals surface area contributed by atoms with E-state index in [0.29, 0.717) is 6.61 Å². The zero-order valence-corrected chi connectivity index (χ0v) is 6.33.